The third kappa shape index (κ3) is 2.27. The summed E-state index contributed by atoms with van der Waals surface area (Å²) >= 11 is 0. The molecule has 0 aromatic carbocycles. The summed E-state index contributed by atoms with van der Waals surface area (Å²) in [4.78, 5) is 31.5. The first kappa shape index (κ1) is 10.8. The average Bonchev–Trinajstić information content (AvgIpc) is 2.82. The van der Waals surface area contributed by atoms with Crippen LogP contribution in [0.4, 0.5) is 10.7 Å². The van der Waals surface area contributed by atoms with Crippen molar-refractivity contribution in [2.45, 2.75) is 0 Å². The highest BCUT2D eigenvalue weighted by molar-refractivity contribution is 6.02. The molecule has 9 heteroatoms. The van der Waals surface area contributed by atoms with Crippen LogP contribution in [0, 0.1) is 10.1 Å². The van der Waals surface area contributed by atoms with Gasteiger partial charge in [0.2, 0.25) is 5.91 Å². The van der Waals surface area contributed by atoms with Crippen molar-refractivity contribution in [3.63, 3.8) is 0 Å². The Balaban J connectivity index is 2.07. The van der Waals surface area contributed by atoms with Crippen molar-refractivity contribution in [3.05, 3.63) is 28.0 Å². The van der Waals surface area contributed by atoms with Crippen molar-refractivity contribution in [2.75, 3.05) is 6.54 Å². The van der Waals surface area contributed by atoms with E-state index < -0.39 is 22.7 Å². The summed E-state index contributed by atoms with van der Waals surface area (Å²) in [5.74, 6) is -0.769. The molecule has 0 spiro atoms. The van der Waals surface area contributed by atoms with Gasteiger partial charge in [0.25, 0.3) is 0 Å². The van der Waals surface area contributed by atoms with Gasteiger partial charge in [0.15, 0.2) is 5.76 Å². The van der Waals surface area contributed by atoms with Crippen LogP contribution in [0.1, 0.15) is 5.76 Å². The summed E-state index contributed by atoms with van der Waals surface area (Å²) in [5, 5.41) is 16.9. The zero-order valence-corrected chi connectivity index (χ0v) is 8.32. The summed E-state index contributed by atoms with van der Waals surface area (Å²) in [7, 11) is 0. The van der Waals surface area contributed by atoms with Gasteiger partial charge in [-0.15, -0.1) is 0 Å². The van der Waals surface area contributed by atoms with Gasteiger partial charge in [-0.2, -0.15) is 5.10 Å². The molecule has 3 amide bonds. The molecule has 0 aliphatic carbocycles. The normalized spacial score (nSPS) is 15.6. The largest absolute Gasteiger partial charge is 0.433 e. The second-order valence-corrected chi connectivity index (χ2v) is 3.09. The van der Waals surface area contributed by atoms with E-state index in [-0.39, 0.29) is 12.3 Å². The number of nitrogens with zero attached hydrogens (tertiary/aromatic N) is 3. The second kappa shape index (κ2) is 4.04. The Labute approximate surface area is 93.8 Å². The number of hydrogen-bond acceptors (Lipinski definition) is 6. The van der Waals surface area contributed by atoms with E-state index in [0.29, 0.717) is 0 Å². The minimum Gasteiger partial charge on any atom is -0.400 e. The number of urea groups is 1. The molecule has 2 rings (SSSR count). The molecule has 1 aliphatic heterocycles. The van der Waals surface area contributed by atoms with E-state index in [1.807, 2.05) is 5.32 Å². The van der Waals surface area contributed by atoms with Gasteiger partial charge in [-0.05, 0) is 6.07 Å². The Bertz CT molecular complexity index is 520. The number of hydrogen-bond donors (Lipinski definition) is 1. The van der Waals surface area contributed by atoms with E-state index in [1.165, 1.54) is 6.07 Å². The van der Waals surface area contributed by atoms with Gasteiger partial charge in [-0.25, -0.2) is 9.80 Å². The maximum Gasteiger partial charge on any atom is 0.433 e. The molecule has 1 saturated heterocycles. The highest BCUT2D eigenvalue weighted by atomic mass is 16.6. The lowest BCUT2D eigenvalue weighted by Crippen LogP contribution is -2.24. The molecule has 17 heavy (non-hydrogen) atoms. The third-order valence-corrected chi connectivity index (χ3v) is 1.89. The van der Waals surface area contributed by atoms with Crippen LogP contribution in [0.2, 0.25) is 0 Å². The molecule has 1 aliphatic rings. The zero-order chi connectivity index (χ0) is 12.4. The van der Waals surface area contributed by atoms with Gasteiger partial charge < -0.3 is 4.42 Å². The predicted octanol–water partition coefficient (Wildman–Crippen LogP) is 0.0735. The van der Waals surface area contributed by atoms with Crippen molar-refractivity contribution < 1.29 is 18.9 Å². The molecule has 1 aromatic heterocycles. The summed E-state index contributed by atoms with van der Waals surface area (Å²) < 4.78 is 4.78. The first-order valence-electron chi connectivity index (χ1n) is 4.46. The molecular weight excluding hydrogens is 236 g/mol. The average molecular weight is 242 g/mol. The zero-order valence-electron chi connectivity index (χ0n) is 8.32. The fourth-order valence-corrected chi connectivity index (χ4v) is 1.16. The quantitative estimate of drug-likeness (QED) is 0.201. The molecule has 0 radical (unpaired) electrons. The highest BCUT2D eigenvalue weighted by Gasteiger charge is 2.26. The minimum atomic E-state index is -0.691. The topological polar surface area (TPSA) is 118 Å². The van der Waals surface area contributed by atoms with Gasteiger partial charge >= 0.3 is 11.9 Å². The Kier molecular flexibility index (Phi) is 2.57. The van der Waals surface area contributed by atoms with Gasteiger partial charge in [-0.1, -0.05) is 0 Å². The van der Waals surface area contributed by atoms with Crippen LogP contribution in [0.3, 0.4) is 0 Å². The Hall–Kier alpha value is -2.71. The highest BCUT2D eigenvalue weighted by Crippen LogP contribution is 2.14. The number of hydrazone groups is 1. The molecule has 1 N–H and O–H groups in total. The molecule has 0 saturated carbocycles. The maximum absolute atomic E-state index is 11.1. The predicted molar refractivity (Wildman–Crippen MR) is 53.2 cm³/mol. The van der Waals surface area contributed by atoms with Crippen LogP contribution in [0.5, 0.6) is 0 Å². The van der Waals surface area contributed by atoms with Crippen molar-refractivity contribution >= 4 is 24.0 Å². The number of nitro groups is 1. The first-order valence-corrected chi connectivity index (χ1v) is 4.46. The van der Waals surface area contributed by atoms with Crippen LogP contribution < -0.4 is 5.32 Å². The molecule has 88 valence electrons. The smallest absolute Gasteiger partial charge is 0.400 e. The minimum absolute atomic E-state index is 0.115. The molecule has 2 heterocycles. The lowest BCUT2D eigenvalue weighted by Gasteiger charge is -2.02. The number of amides is 3. The number of carbonyl (C=O) groups excluding carboxylic acids is 2. The van der Waals surface area contributed by atoms with Crippen molar-refractivity contribution in [1.82, 2.24) is 10.3 Å². The maximum atomic E-state index is 11.1. The number of rotatable bonds is 3. The van der Waals surface area contributed by atoms with E-state index in [2.05, 4.69) is 5.10 Å². The Morgan fingerprint density at radius 3 is 2.82 bits per heavy atom. The standard InChI is InChI=1S/C8H6N4O5/c13-6-4-11(8(14)10-6)9-3-5-1-2-7(17-5)12(15)16/h1-3H,4H2,(H,10,13,14)/b9-3+/i8+1,9+1,10+1,11+1. The summed E-state index contributed by atoms with van der Waals surface area (Å²) in [5.41, 5.74) is 0. The molecule has 9 nitrogen and oxygen atoms in total. The summed E-state index contributed by atoms with van der Waals surface area (Å²) in [6.07, 6.45) is 1.12. The van der Waals surface area contributed by atoms with Crippen molar-refractivity contribution in [2.24, 2.45) is 5.10 Å². The van der Waals surface area contributed by atoms with E-state index >= 15 is 0 Å². The number of imide groups is 1. The van der Waals surface area contributed by atoms with Crippen LogP contribution in [-0.4, -0.2) is 34.6 Å². The van der Waals surface area contributed by atoms with Crippen LogP contribution in [0.15, 0.2) is 21.7 Å². The molecule has 1 fully saturated rings. The SMILES string of the molecule is O=C1C[15N](/[15N]=C/c2ccc([N+](=O)[O-])o2)[13C](=O)[15NH]1. The first-order chi connectivity index (χ1) is 8.06. The van der Waals surface area contributed by atoms with E-state index in [1.54, 1.807) is 0 Å². The molecule has 1 aromatic rings. The van der Waals surface area contributed by atoms with Gasteiger partial charge in [-0.3, -0.25) is 20.2 Å². The lowest BCUT2D eigenvalue weighted by molar-refractivity contribution is -0.402. The number of carbonyl (C=O) groups is 2. The van der Waals surface area contributed by atoms with Crippen LogP contribution in [0.25, 0.3) is 0 Å². The van der Waals surface area contributed by atoms with E-state index in [4.69, 9.17) is 4.42 Å². The summed E-state index contributed by atoms with van der Waals surface area (Å²) in [6.45, 7) is -0.182. The molecule has 0 unspecified atom stereocenters. The van der Waals surface area contributed by atoms with E-state index in [0.717, 1.165) is 17.3 Å². The van der Waals surface area contributed by atoms with Crippen molar-refractivity contribution in [3.8, 4) is 0 Å². The Morgan fingerprint density at radius 2 is 2.29 bits per heavy atom. The fraction of sp³-hybridized carbons (Fsp3) is 0.125. The van der Waals surface area contributed by atoms with Crippen LogP contribution >= 0.6 is 0 Å². The number of furan rings is 1. The van der Waals surface area contributed by atoms with Gasteiger partial charge in [0.1, 0.15) is 11.5 Å². The molecular formula is C8H6N4O5. The second-order valence-electron chi connectivity index (χ2n) is 3.09. The third-order valence-electron chi connectivity index (χ3n) is 1.89. The fourth-order valence-electron chi connectivity index (χ4n) is 1.16. The summed E-state index contributed by atoms with van der Waals surface area (Å²) in [6, 6.07) is 1.85. The lowest BCUT2D eigenvalue weighted by atomic mass is 10.5. The monoisotopic (exact) mass is 242 g/mol. The van der Waals surface area contributed by atoms with Gasteiger partial charge in [0, 0.05) is 0 Å². The van der Waals surface area contributed by atoms with Crippen molar-refractivity contribution in [1.29, 1.82) is 0 Å². The van der Waals surface area contributed by atoms with Gasteiger partial charge in [0.05, 0.1) is 12.3 Å². The molecule has 0 bridgehead atoms. The van der Waals surface area contributed by atoms with E-state index in [9.17, 15) is 19.7 Å². The molecule has 0 atom stereocenters. The number of nitrogens with one attached hydrogen (secondary N) is 1. The van der Waals surface area contributed by atoms with Crippen LogP contribution in [-0.2, 0) is 4.79 Å². The Morgan fingerprint density at radius 1 is 1.53 bits per heavy atom.